The van der Waals surface area contributed by atoms with Gasteiger partial charge in [0.25, 0.3) is 0 Å². The van der Waals surface area contributed by atoms with Crippen molar-refractivity contribution in [3.05, 3.63) is 23.5 Å². The molecule has 14 heavy (non-hydrogen) atoms. The fraction of sp³-hybridized carbons (Fsp3) is 0.250. The molecule has 5 nitrogen and oxygen atoms in total. The van der Waals surface area contributed by atoms with Crippen LogP contribution in [0.25, 0.3) is 0 Å². The summed E-state index contributed by atoms with van der Waals surface area (Å²) >= 11 is 0. The number of ether oxygens (including phenoxy) is 1. The van der Waals surface area contributed by atoms with Crippen molar-refractivity contribution in [2.75, 3.05) is 7.11 Å². The molecule has 0 aromatic carbocycles. The van der Waals surface area contributed by atoms with Crippen LogP contribution in [0.4, 0.5) is 0 Å². The van der Waals surface area contributed by atoms with Crippen LogP contribution in [0.5, 0.6) is 0 Å². The van der Waals surface area contributed by atoms with Crippen LogP contribution in [0.3, 0.4) is 0 Å². The fourth-order valence-corrected chi connectivity index (χ4v) is 1.17. The minimum atomic E-state index is -1.70. The number of aromatic nitrogens is 1. The summed E-state index contributed by atoms with van der Waals surface area (Å²) in [5, 5.41) is 18.0. The van der Waals surface area contributed by atoms with Gasteiger partial charge in [-0.3, -0.25) is 4.98 Å². The lowest BCUT2D eigenvalue weighted by atomic mass is 9.77. The number of rotatable bonds is 2. The number of hydrogen-bond acceptors (Lipinski definition) is 5. The smallest absolute Gasteiger partial charge is 0.465 e. The van der Waals surface area contributed by atoms with Gasteiger partial charge in [0, 0.05) is 6.20 Å². The molecular formula is C8H10BNO4. The molecule has 0 fully saturated rings. The summed E-state index contributed by atoms with van der Waals surface area (Å²) in [6.45, 7) is 1.60. The summed E-state index contributed by atoms with van der Waals surface area (Å²) in [6.07, 6.45) is 1.40. The van der Waals surface area contributed by atoms with Crippen molar-refractivity contribution in [3.63, 3.8) is 0 Å². The highest BCUT2D eigenvalue weighted by Gasteiger charge is 2.23. The van der Waals surface area contributed by atoms with Crippen LogP contribution >= 0.6 is 0 Å². The second-order valence-electron chi connectivity index (χ2n) is 2.73. The highest BCUT2D eigenvalue weighted by molar-refractivity contribution is 6.60. The van der Waals surface area contributed by atoms with Crippen LogP contribution in [0.15, 0.2) is 12.3 Å². The van der Waals surface area contributed by atoms with Crippen molar-refractivity contribution < 1.29 is 19.6 Å². The van der Waals surface area contributed by atoms with Gasteiger partial charge >= 0.3 is 13.1 Å². The fourth-order valence-electron chi connectivity index (χ4n) is 1.17. The molecule has 1 heterocycles. The second-order valence-corrected chi connectivity index (χ2v) is 2.73. The summed E-state index contributed by atoms with van der Waals surface area (Å²) < 4.78 is 4.51. The maximum absolute atomic E-state index is 11.3. The molecule has 1 aromatic rings. The van der Waals surface area contributed by atoms with Crippen molar-refractivity contribution in [1.29, 1.82) is 0 Å². The summed E-state index contributed by atoms with van der Waals surface area (Å²) in [4.78, 5) is 15.1. The topological polar surface area (TPSA) is 79.7 Å². The number of carbonyl (C=O) groups excluding carboxylic acids is 1. The number of methoxy groups -OCH3 is 1. The number of pyridine rings is 1. The molecule has 0 aliphatic carbocycles. The van der Waals surface area contributed by atoms with E-state index in [2.05, 4.69) is 9.72 Å². The van der Waals surface area contributed by atoms with Gasteiger partial charge in [-0.1, -0.05) is 0 Å². The van der Waals surface area contributed by atoms with Crippen LogP contribution < -0.4 is 5.46 Å². The molecule has 0 bridgehead atoms. The van der Waals surface area contributed by atoms with Gasteiger partial charge in [0.15, 0.2) is 0 Å². The lowest BCUT2D eigenvalue weighted by Crippen LogP contribution is -2.36. The Bertz CT molecular complexity index is 353. The average molecular weight is 195 g/mol. The van der Waals surface area contributed by atoms with Crippen molar-refractivity contribution >= 4 is 18.6 Å². The molecule has 6 heteroatoms. The molecule has 0 atom stereocenters. The van der Waals surface area contributed by atoms with Gasteiger partial charge < -0.3 is 14.8 Å². The standard InChI is InChI=1S/C8H10BNO4/c1-5-7(8(11)14-2)6(9(12)13)3-4-10-5/h3-4,12-13H,1-2H3. The average Bonchev–Trinajstić information content (AvgIpc) is 2.16. The van der Waals surface area contributed by atoms with E-state index >= 15 is 0 Å². The Kier molecular flexibility index (Phi) is 3.21. The van der Waals surface area contributed by atoms with Crippen LogP contribution in [0.2, 0.25) is 0 Å². The summed E-state index contributed by atoms with van der Waals surface area (Å²) in [7, 11) is -0.478. The first kappa shape index (κ1) is 10.7. The van der Waals surface area contributed by atoms with Crippen LogP contribution in [-0.2, 0) is 4.74 Å². The molecule has 0 radical (unpaired) electrons. The molecule has 1 aromatic heterocycles. The molecule has 0 spiro atoms. The van der Waals surface area contributed by atoms with Gasteiger partial charge in [-0.2, -0.15) is 0 Å². The van der Waals surface area contributed by atoms with E-state index in [1.165, 1.54) is 19.4 Å². The van der Waals surface area contributed by atoms with E-state index in [9.17, 15) is 4.79 Å². The van der Waals surface area contributed by atoms with Gasteiger partial charge in [0.05, 0.1) is 18.4 Å². The molecular weight excluding hydrogens is 185 g/mol. The van der Waals surface area contributed by atoms with Crippen LogP contribution in [-0.4, -0.2) is 35.2 Å². The van der Waals surface area contributed by atoms with E-state index in [-0.39, 0.29) is 11.0 Å². The number of nitrogens with zero attached hydrogens (tertiary/aromatic N) is 1. The Hall–Kier alpha value is -1.40. The second kappa shape index (κ2) is 4.21. The maximum atomic E-state index is 11.3. The van der Waals surface area contributed by atoms with E-state index in [1.807, 2.05) is 0 Å². The monoisotopic (exact) mass is 195 g/mol. The molecule has 0 unspecified atom stereocenters. The zero-order valence-corrected chi connectivity index (χ0v) is 7.89. The van der Waals surface area contributed by atoms with Gasteiger partial charge in [0.1, 0.15) is 0 Å². The third-order valence-electron chi connectivity index (χ3n) is 1.84. The highest BCUT2D eigenvalue weighted by Crippen LogP contribution is 2.03. The Morgan fingerprint density at radius 1 is 1.57 bits per heavy atom. The number of aryl methyl sites for hydroxylation is 1. The predicted molar refractivity (Wildman–Crippen MR) is 50.1 cm³/mol. The molecule has 0 aliphatic heterocycles. The van der Waals surface area contributed by atoms with E-state index in [1.54, 1.807) is 6.92 Å². The summed E-state index contributed by atoms with van der Waals surface area (Å²) in [5.41, 5.74) is 0.608. The Balaban J connectivity index is 3.29. The normalized spacial score (nSPS) is 9.71. The van der Waals surface area contributed by atoms with Crippen molar-refractivity contribution in [2.45, 2.75) is 6.92 Å². The number of carbonyl (C=O) groups is 1. The zero-order chi connectivity index (χ0) is 10.7. The largest absolute Gasteiger partial charge is 0.489 e. The molecule has 0 amide bonds. The Labute approximate surface area is 81.5 Å². The minimum Gasteiger partial charge on any atom is -0.465 e. The Morgan fingerprint density at radius 3 is 2.71 bits per heavy atom. The van der Waals surface area contributed by atoms with Crippen molar-refractivity contribution in [3.8, 4) is 0 Å². The molecule has 0 saturated carbocycles. The number of hydrogen-bond donors (Lipinski definition) is 2. The van der Waals surface area contributed by atoms with Gasteiger partial charge in [0.2, 0.25) is 0 Å². The van der Waals surface area contributed by atoms with Gasteiger partial charge in [-0.25, -0.2) is 4.79 Å². The van der Waals surface area contributed by atoms with Crippen LogP contribution in [0.1, 0.15) is 16.1 Å². The van der Waals surface area contributed by atoms with Crippen LogP contribution in [0, 0.1) is 6.92 Å². The SMILES string of the molecule is COC(=O)c1c(B(O)O)ccnc1C. The summed E-state index contributed by atoms with van der Waals surface area (Å²) in [6, 6.07) is 1.36. The van der Waals surface area contributed by atoms with Gasteiger partial charge in [-0.15, -0.1) is 0 Å². The van der Waals surface area contributed by atoms with Crippen molar-refractivity contribution in [1.82, 2.24) is 4.98 Å². The van der Waals surface area contributed by atoms with E-state index in [4.69, 9.17) is 10.0 Å². The first-order valence-corrected chi connectivity index (χ1v) is 3.98. The van der Waals surface area contributed by atoms with E-state index < -0.39 is 13.1 Å². The highest BCUT2D eigenvalue weighted by atomic mass is 16.5. The first-order valence-electron chi connectivity index (χ1n) is 3.98. The lowest BCUT2D eigenvalue weighted by molar-refractivity contribution is 0.0600. The molecule has 0 aliphatic rings. The number of esters is 1. The molecule has 2 N–H and O–H groups in total. The molecule has 74 valence electrons. The zero-order valence-electron chi connectivity index (χ0n) is 7.89. The molecule has 0 saturated heterocycles. The summed E-state index contributed by atoms with van der Waals surface area (Å²) in [5.74, 6) is -0.626. The molecule has 1 rings (SSSR count). The third kappa shape index (κ3) is 1.91. The quantitative estimate of drug-likeness (QED) is 0.460. The van der Waals surface area contributed by atoms with E-state index in [0.29, 0.717) is 5.69 Å². The van der Waals surface area contributed by atoms with E-state index in [0.717, 1.165) is 0 Å². The minimum absolute atomic E-state index is 0.101. The Morgan fingerprint density at radius 2 is 2.21 bits per heavy atom. The van der Waals surface area contributed by atoms with Gasteiger partial charge in [-0.05, 0) is 18.5 Å². The predicted octanol–water partition coefficient (Wildman–Crippen LogP) is -1.14. The lowest BCUT2D eigenvalue weighted by Gasteiger charge is -2.08. The third-order valence-corrected chi connectivity index (χ3v) is 1.84. The maximum Gasteiger partial charge on any atom is 0.489 e. The first-order chi connectivity index (χ1) is 6.57. The van der Waals surface area contributed by atoms with Crippen molar-refractivity contribution in [2.24, 2.45) is 0 Å².